The van der Waals surface area contributed by atoms with Crippen LogP contribution in [0.25, 0.3) is 0 Å². The largest absolute Gasteiger partial charge is 0.459 e. The number of hydrogen-bond donors (Lipinski definition) is 1. The van der Waals surface area contributed by atoms with Gasteiger partial charge in [0.05, 0.1) is 17.1 Å². The Hall–Kier alpha value is -2.21. The van der Waals surface area contributed by atoms with Crippen LogP contribution in [0.5, 0.6) is 0 Å². The van der Waals surface area contributed by atoms with Gasteiger partial charge in [0, 0.05) is 10.8 Å². The molecule has 0 aliphatic carbocycles. The number of carbonyl (C=O) groups is 2. The number of nitrogens with one attached hydrogen (secondary N) is 1. The minimum Gasteiger partial charge on any atom is -0.459 e. The van der Waals surface area contributed by atoms with Gasteiger partial charge in [-0.3, -0.25) is 4.79 Å². The zero-order chi connectivity index (χ0) is 20.7. The van der Waals surface area contributed by atoms with E-state index in [1.165, 1.54) is 0 Å². The van der Waals surface area contributed by atoms with Gasteiger partial charge in [0.15, 0.2) is 0 Å². The van der Waals surface area contributed by atoms with Crippen molar-refractivity contribution in [3.8, 4) is 0 Å². The Bertz CT molecular complexity index is 779. The molecule has 1 heterocycles. The number of ether oxygens (including phenoxy) is 1. The summed E-state index contributed by atoms with van der Waals surface area (Å²) in [5.74, 6) is -0.367. The van der Waals surface area contributed by atoms with Crippen molar-refractivity contribution in [3.05, 3.63) is 52.0 Å². The number of thiazole rings is 1. The highest BCUT2D eigenvalue weighted by atomic mass is 32.1. The van der Waals surface area contributed by atoms with Crippen LogP contribution in [-0.4, -0.2) is 22.9 Å². The molecule has 1 aromatic carbocycles. The first-order valence-electron chi connectivity index (χ1n) is 9.60. The third-order valence-electron chi connectivity index (χ3n) is 4.09. The molecule has 1 amide bonds. The topological polar surface area (TPSA) is 68.3 Å². The Labute approximate surface area is 171 Å². The summed E-state index contributed by atoms with van der Waals surface area (Å²) in [6.07, 6.45) is 0.691. The fraction of sp³-hybridized carbons (Fsp3) is 0.500. The van der Waals surface area contributed by atoms with Crippen LogP contribution in [-0.2, 0) is 32.8 Å². The summed E-state index contributed by atoms with van der Waals surface area (Å²) in [6.45, 7) is 10.5. The van der Waals surface area contributed by atoms with E-state index in [2.05, 4.69) is 31.1 Å². The smallest absolute Gasteiger partial charge is 0.328 e. The van der Waals surface area contributed by atoms with Gasteiger partial charge in [-0.15, -0.1) is 11.3 Å². The van der Waals surface area contributed by atoms with Crippen molar-refractivity contribution in [3.63, 3.8) is 0 Å². The Balaban J connectivity index is 1.95. The SMILES string of the molecule is CC(C)C[C@H](NC(=O)Cc1csc(C(C)(C)C)n1)C(=O)OCc1ccccc1. The quantitative estimate of drug-likeness (QED) is 0.670. The second-order valence-electron chi connectivity index (χ2n) is 8.41. The molecule has 0 aliphatic heterocycles. The fourth-order valence-corrected chi connectivity index (χ4v) is 3.56. The second-order valence-corrected chi connectivity index (χ2v) is 9.27. The van der Waals surface area contributed by atoms with E-state index in [0.717, 1.165) is 16.3 Å². The van der Waals surface area contributed by atoms with Crippen LogP contribution in [0.3, 0.4) is 0 Å². The molecule has 0 radical (unpaired) electrons. The van der Waals surface area contributed by atoms with Crippen molar-refractivity contribution in [2.24, 2.45) is 5.92 Å². The molecular formula is C22H30N2O3S. The van der Waals surface area contributed by atoms with Gasteiger partial charge in [-0.1, -0.05) is 65.0 Å². The molecule has 0 unspecified atom stereocenters. The monoisotopic (exact) mass is 402 g/mol. The van der Waals surface area contributed by atoms with E-state index < -0.39 is 12.0 Å². The number of esters is 1. The minimum atomic E-state index is -0.656. The molecule has 0 saturated carbocycles. The Morgan fingerprint density at radius 1 is 1.18 bits per heavy atom. The van der Waals surface area contributed by atoms with Gasteiger partial charge in [-0.25, -0.2) is 9.78 Å². The van der Waals surface area contributed by atoms with E-state index >= 15 is 0 Å². The van der Waals surface area contributed by atoms with Gasteiger partial charge in [0.1, 0.15) is 12.6 Å². The van der Waals surface area contributed by atoms with Crippen LogP contribution in [0.2, 0.25) is 0 Å². The highest BCUT2D eigenvalue weighted by Gasteiger charge is 2.24. The molecule has 152 valence electrons. The summed E-state index contributed by atoms with van der Waals surface area (Å²) in [5, 5.41) is 5.74. The number of aromatic nitrogens is 1. The highest BCUT2D eigenvalue weighted by Crippen LogP contribution is 2.25. The molecule has 0 saturated heterocycles. The molecule has 0 spiro atoms. The molecule has 0 fully saturated rings. The number of hydrogen-bond acceptors (Lipinski definition) is 5. The van der Waals surface area contributed by atoms with Gasteiger partial charge in [0.25, 0.3) is 0 Å². The number of benzene rings is 1. The summed E-state index contributed by atoms with van der Waals surface area (Å²) in [6, 6.07) is 8.86. The molecule has 0 bridgehead atoms. The third-order valence-corrected chi connectivity index (χ3v) is 5.40. The summed E-state index contributed by atoms with van der Waals surface area (Å²) >= 11 is 1.56. The molecule has 1 atom stereocenters. The second kappa shape index (κ2) is 9.82. The Kier molecular flexibility index (Phi) is 7.75. The highest BCUT2D eigenvalue weighted by molar-refractivity contribution is 7.09. The summed E-state index contributed by atoms with van der Waals surface area (Å²) in [5.41, 5.74) is 1.61. The van der Waals surface area contributed by atoms with Crippen molar-refractivity contribution in [1.82, 2.24) is 10.3 Å². The van der Waals surface area contributed by atoms with Crippen LogP contribution in [0.15, 0.2) is 35.7 Å². The molecular weight excluding hydrogens is 372 g/mol. The molecule has 1 aromatic heterocycles. The van der Waals surface area contributed by atoms with E-state index in [9.17, 15) is 9.59 Å². The molecule has 1 N–H and O–H groups in total. The van der Waals surface area contributed by atoms with Crippen LogP contribution >= 0.6 is 11.3 Å². The maximum absolute atomic E-state index is 12.5. The first-order valence-corrected chi connectivity index (χ1v) is 10.5. The standard InChI is InChI=1S/C22H30N2O3S/c1-15(2)11-18(20(26)27-13-16-9-7-6-8-10-16)24-19(25)12-17-14-28-21(23-17)22(3,4)5/h6-10,14-15,18H,11-13H2,1-5H3,(H,24,25)/t18-/m0/s1. The lowest BCUT2D eigenvalue weighted by molar-refractivity contribution is -0.149. The number of amides is 1. The first-order chi connectivity index (χ1) is 13.1. The molecule has 2 rings (SSSR count). The molecule has 2 aromatic rings. The predicted molar refractivity (Wildman–Crippen MR) is 112 cm³/mol. The van der Waals surface area contributed by atoms with Crippen LogP contribution in [0.1, 0.15) is 57.3 Å². The van der Waals surface area contributed by atoms with E-state index in [4.69, 9.17) is 4.74 Å². The lowest BCUT2D eigenvalue weighted by Gasteiger charge is -2.19. The fourth-order valence-electron chi connectivity index (χ4n) is 2.66. The Morgan fingerprint density at radius 2 is 1.86 bits per heavy atom. The Morgan fingerprint density at radius 3 is 2.43 bits per heavy atom. The molecule has 0 aliphatic rings. The van der Waals surface area contributed by atoms with Crippen LogP contribution < -0.4 is 5.32 Å². The van der Waals surface area contributed by atoms with Gasteiger partial charge in [-0.2, -0.15) is 0 Å². The minimum absolute atomic E-state index is 0.0409. The van der Waals surface area contributed by atoms with Gasteiger partial charge < -0.3 is 10.1 Å². The van der Waals surface area contributed by atoms with Crippen LogP contribution in [0, 0.1) is 5.92 Å². The molecule has 6 heteroatoms. The number of carbonyl (C=O) groups excluding carboxylic acids is 2. The van der Waals surface area contributed by atoms with Crippen LogP contribution in [0.4, 0.5) is 0 Å². The van der Waals surface area contributed by atoms with E-state index in [-0.39, 0.29) is 30.3 Å². The van der Waals surface area contributed by atoms with Crippen molar-refractivity contribution in [2.45, 2.75) is 65.5 Å². The average Bonchev–Trinajstić information content (AvgIpc) is 3.08. The van der Waals surface area contributed by atoms with Gasteiger partial charge in [0.2, 0.25) is 5.91 Å². The van der Waals surface area contributed by atoms with Gasteiger partial charge >= 0.3 is 5.97 Å². The number of nitrogens with zero attached hydrogens (tertiary/aromatic N) is 1. The molecule has 5 nitrogen and oxygen atoms in total. The zero-order valence-corrected chi connectivity index (χ0v) is 18.1. The van der Waals surface area contributed by atoms with Crippen molar-refractivity contribution >= 4 is 23.2 Å². The van der Waals surface area contributed by atoms with E-state index in [1.54, 1.807) is 11.3 Å². The lowest BCUT2D eigenvalue weighted by Crippen LogP contribution is -2.43. The zero-order valence-electron chi connectivity index (χ0n) is 17.3. The van der Waals surface area contributed by atoms with E-state index in [1.807, 2.05) is 49.6 Å². The maximum Gasteiger partial charge on any atom is 0.328 e. The van der Waals surface area contributed by atoms with Crippen molar-refractivity contribution in [1.29, 1.82) is 0 Å². The third kappa shape index (κ3) is 7.08. The summed E-state index contributed by atoms with van der Waals surface area (Å²) in [4.78, 5) is 29.6. The maximum atomic E-state index is 12.5. The number of rotatable bonds is 8. The first kappa shape index (κ1) is 22.1. The summed E-state index contributed by atoms with van der Waals surface area (Å²) < 4.78 is 5.42. The lowest BCUT2D eigenvalue weighted by atomic mass is 9.98. The normalized spacial score (nSPS) is 12.6. The van der Waals surface area contributed by atoms with Crippen molar-refractivity contribution in [2.75, 3.05) is 0 Å². The average molecular weight is 403 g/mol. The van der Waals surface area contributed by atoms with Crippen molar-refractivity contribution < 1.29 is 14.3 Å². The van der Waals surface area contributed by atoms with Gasteiger partial charge in [-0.05, 0) is 17.9 Å². The summed E-state index contributed by atoms with van der Waals surface area (Å²) in [7, 11) is 0. The molecule has 28 heavy (non-hydrogen) atoms. The van der Waals surface area contributed by atoms with E-state index in [0.29, 0.717) is 6.42 Å². The predicted octanol–water partition coefficient (Wildman–Crippen LogP) is 4.26.